The highest BCUT2D eigenvalue weighted by atomic mass is 79.9. The van der Waals surface area contributed by atoms with Crippen LogP contribution in [-0.2, 0) is 0 Å². The Labute approximate surface area is 103 Å². The number of aryl methyl sites for hydroxylation is 1. The molecule has 0 aliphatic heterocycles. The van der Waals surface area contributed by atoms with Crippen molar-refractivity contribution >= 4 is 38.9 Å². The van der Waals surface area contributed by atoms with E-state index in [1.807, 2.05) is 0 Å². The number of rotatable bonds is 2. The smallest absolute Gasteiger partial charge is 0.0731 e. The van der Waals surface area contributed by atoms with E-state index in [4.69, 9.17) is 11.6 Å². The van der Waals surface area contributed by atoms with E-state index >= 15 is 0 Å². The van der Waals surface area contributed by atoms with E-state index in [1.54, 1.807) is 11.3 Å². The molecule has 1 aliphatic carbocycles. The molecule has 0 bridgehead atoms. The molecule has 2 rings (SSSR count). The largest absolute Gasteiger partial charge is 0.131 e. The molecule has 0 N–H and O–H groups in total. The predicted octanol–water partition coefficient (Wildman–Crippen LogP) is 5.15. The van der Waals surface area contributed by atoms with Crippen LogP contribution in [0.5, 0.6) is 0 Å². The molecule has 0 aromatic carbocycles. The second kappa shape index (κ2) is 3.50. The Hall–Kier alpha value is 0.470. The average molecular weight is 294 g/mol. The monoisotopic (exact) mass is 292 g/mol. The predicted molar refractivity (Wildman–Crippen MR) is 67.2 cm³/mol. The van der Waals surface area contributed by atoms with Gasteiger partial charge < -0.3 is 0 Å². The van der Waals surface area contributed by atoms with Gasteiger partial charge in [0.2, 0.25) is 0 Å². The Balaban J connectivity index is 2.16. The van der Waals surface area contributed by atoms with Gasteiger partial charge in [-0.2, -0.15) is 0 Å². The van der Waals surface area contributed by atoms with Crippen LogP contribution in [0.2, 0.25) is 0 Å². The van der Waals surface area contributed by atoms with Crippen molar-refractivity contribution in [1.29, 1.82) is 0 Å². The first-order valence-electron chi connectivity index (χ1n) is 4.82. The molecule has 78 valence electrons. The Kier molecular flexibility index (Phi) is 2.74. The van der Waals surface area contributed by atoms with Crippen LogP contribution in [0, 0.1) is 18.3 Å². The summed E-state index contributed by atoms with van der Waals surface area (Å²) in [6.45, 7) is 6.71. The number of halogens is 2. The number of hydrogen-bond donors (Lipinski definition) is 0. The summed E-state index contributed by atoms with van der Waals surface area (Å²) < 4.78 is 1.22. The minimum absolute atomic E-state index is 0.208. The van der Waals surface area contributed by atoms with Gasteiger partial charge in [-0.15, -0.1) is 22.9 Å². The lowest BCUT2D eigenvalue weighted by molar-refractivity contribution is 0.551. The van der Waals surface area contributed by atoms with Gasteiger partial charge in [-0.1, -0.05) is 13.8 Å². The van der Waals surface area contributed by atoms with Crippen LogP contribution < -0.4 is 0 Å². The van der Waals surface area contributed by atoms with Crippen molar-refractivity contribution in [3.8, 4) is 0 Å². The summed E-state index contributed by atoms with van der Waals surface area (Å²) in [6.07, 6.45) is 1.26. The first-order valence-corrected chi connectivity index (χ1v) is 6.86. The van der Waals surface area contributed by atoms with Crippen molar-refractivity contribution in [3.05, 3.63) is 20.3 Å². The summed E-state index contributed by atoms with van der Waals surface area (Å²) in [6, 6.07) is 2.21. The third-order valence-electron chi connectivity index (χ3n) is 3.09. The second-order valence-electron chi connectivity index (χ2n) is 4.81. The second-order valence-corrected chi connectivity index (χ2v) is 7.68. The van der Waals surface area contributed by atoms with Crippen LogP contribution in [-0.4, -0.2) is 0 Å². The summed E-state index contributed by atoms with van der Waals surface area (Å²) in [7, 11) is 0. The first kappa shape index (κ1) is 11.0. The molecule has 0 nitrogen and oxygen atoms in total. The molecular weight excluding hydrogens is 280 g/mol. The molecule has 1 aromatic heterocycles. The standard InChI is InChI=1S/C11H14BrClS/c1-6-4-8(14-10(6)12)9(13)7-5-11(7,2)3/h4,7,9H,5H2,1-3H3. The molecule has 1 aromatic rings. The highest BCUT2D eigenvalue weighted by Gasteiger charge is 2.50. The zero-order valence-electron chi connectivity index (χ0n) is 8.60. The van der Waals surface area contributed by atoms with E-state index in [2.05, 4.69) is 42.8 Å². The molecule has 1 saturated carbocycles. The number of hydrogen-bond acceptors (Lipinski definition) is 1. The Morgan fingerprint density at radius 2 is 2.21 bits per heavy atom. The van der Waals surface area contributed by atoms with Crippen molar-refractivity contribution in [2.75, 3.05) is 0 Å². The van der Waals surface area contributed by atoms with E-state index in [-0.39, 0.29) is 5.38 Å². The molecule has 3 heteroatoms. The number of thiophene rings is 1. The topological polar surface area (TPSA) is 0 Å². The van der Waals surface area contributed by atoms with Gasteiger partial charge in [-0.05, 0) is 52.2 Å². The fraction of sp³-hybridized carbons (Fsp3) is 0.636. The van der Waals surface area contributed by atoms with Crippen molar-refractivity contribution in [2.45, 2.75) is 32.6 Å². The lowest BCUT2D eigenvalue weighted by Crippen LogP contribution is -1.96. The lowest BCUT2D eigenvalue weighted by atomic mass is 10.1. The van der Waals surface area contributed by atoms with Gasteiger partial charge >= 0.3 is 0 Å². The molecule has 2 atom stereocenters. The maximum Gasteiger partial charge on any atom is 0.0731 e. The average Bonchev–Trinajstić information content (AvgIpc) is 2.59. The van der Waals surface area contributed by atoms with Crippen molar-refractivity contribution in [2.24, 2.45) is 11.3 Å². The van der Waals surface area contributed by atoms with Crippen LogP contribution in [0.25, 0.3) is 0 Å². The Morgan fingerprint density at radius 3 is 2.57 bits per heavy atom. The lowest BCUT2D eigenvalue weighted by Gasteiger charge is -2.08. The van der Waals surface area contributed by atoms with Crippen molar-refractivity contribution in [3.63, 3.8) is 0 Å². The molecule has 0 saturated heterocycles. The van der Waals surface area contributed by atoms with Gasteiger partial charge in [0, 0.05) is 4.88 Å². The zero-order chi connectivity index (χ0) is 10.5. The first-order chi connectivity index (χ1) is 6.42. The van der Waals surface area contributed by atoms with Gasteiger partial charge in [-0.3, -0.25) is 0 Å². The van der Waals surface area contributed by atoms with Gasteiger partial charge in [0.15, 0.2) is 0 Å². The summed E-state index contributed by atoms with van der Waals surface area (Å²) in [5.74, 6) is 0.661. The van der Waals surface area contributed by atoms with Crippen molar-refractivity contribution in [1.82, 2.24) is 0 Å². The molecule has 1 aliphatic rings. The summed E-state index contributed by atoms with van der Waals surface area (Å²) in [5, 5.41) is 0.208. The van der Waals surface area contributed by atoms with Gasteiger partial charge in [-0.25, -0.2) is 0 Å². The minimum Gasteiger partial charge on any atom is -0.131 e. The highest BCUT2D eigenvalue weighted by Crippen LogP contribution is 2.60. The molecule has 0 spiro atoms. The van der Waals surface area contributed by atoms with E-state index in [0.717, 1.165) is 0 Å². The highest BCUT2D eigenvalue weighted by molar-refractivity contribution is 9.11. The van der Waals surface area contributed by atoms with E-state index in [0.29, 0.717) is 11.3 Å². The zero-order valence-corrected chi connectivity index (χ0v) is 11.8. The third kappa shape index (κ3) is 1.89. The third-order valence-corrected chi connectivity index (χ3v) is 5.98. The maximum atomic E-state index is 6.46. The minimum atomic E-state index is 0.208. The molecule has 2 unspecified atom stereocenters. The summed E-state index contributed by atoms with van der Waals surface area (Å²) in [4.78, 5) is 1.31. The van der Waals surface area contributed by atoms with E-state index < -0.39 is 0 Å². The number of alkyl halides is 1. The van der Waals surface area contributed by atoms with E-state index in [9.17, 15) is 0 Å². The van der Waals surface area contributed by atoms with Gasteiger partial charge in [0.1, 0.15) is 0 Å². The van der Waals surface area contributed by atoms with Gasteiger partial charge in [0.25, 0.3) is 0 Å². The summed E-state index contributed by atoms with van der Waals surface area (Å²) in [5.41, 5.74) is 1.76. The Morgan fingerprint density at radius 1 is 1.64 bits per heavy atom. The molecular formula is C11H14BrClS. The Bertz CT molecular complexity index is 337. The normalized spacial score (nSPS) is 26.2. The fourth-order valence-electron chi connectivity index (χ4n) is 1.83. The quantitative estimate of drug-likeness (QED) is 0.662. The van der Waals surface area contributed by atoms with Crippen LogP contribution >= 0.6 is 38.9 Å². The van der Waals surface area contributed by atoms with Crippen LogP contribution in [0.15, 0.2) is 9.85 Å². The molecule has 14 heavy (non-hydrogen) atoms. The van der Waals surface area contributed by atoms with Gasteiger partial charge in [0.05, 0.1) is 9.16 Å². The van der Waals surface area contributed by atoms with Crippen LogP contribution in [0.1, 0.15) is 36.1 Å². The molecule has 0 amide bonds. The van der Waals surface area contributed by atoms with Crippen LogP contribution in [0.3, 0.4) is 0 Å². The maximum absolute atomic E-state index is 6.46. The van der Waals surface area contributed by atoms with Crippen molar-refractivity contribution < 1.29 is 0 Å². The van der Waals surface area contributed by atoms with E-state index in [1.165, 1.54) is 20.6 Å². The molecule has 1 heterocycles. The molecule has 0 radical (unpaired) electrons. The summed E-state index contributed by atoms with van der Waals surface area (Å²) >= 11 is 11.8. The fourth-order valence-corrected chi connectivity index (χ4v) is 4.07. The molecule has 1 fully saturated rings. The van der Waals surface area contributed by atoms with Crippen LogP contribution in [0.4, 0.5) is 0 Å². The SMILES string of the molecule is Cc1cc(C(Cl)C2CC2(C)C)sc1Br.